The van der Waals surface area contributed by atoms with E-state index in [1.807, 2.05) is 0 Å². The third-order valence-electron chi connectivity index (χ3n) is 2.85. The van der Waals surface area contributed by atoms with Gasteiger partial charge in [-0.1, -0.05) is 24.0 Å². The third-order valence-corrected chi connectivity index (χ3v) is 2.85. The number of benzene rings is 1. The highest BCUT2D eigenvalue weighted by molar-refractivity contribution is 6.06. The van der Waals surface area contributed by atoms with E-state index in [4.69, 9.17) is 5.73 Å². The lowest BCUT2D eigenvalue weighted by Gasteiger charge is -2.10. The number of nitrogens with two attached hydrogens (primary N) is 1. The number of amides is 1. The van der Waals surface area contributed by atoms with Crippen molar-refractivity contribution < 1.29 is 9.18 Å². The Bertz CT molecular complexity index is 712. The van der Waals surface area contributed by atoms with Gasteiger partial charge < -0.3 is 11.1 Å². The monoisotopic (exact) mass is 283 g/mol. The molecule has 1 aromatic heterocycles. The number of halogens is 1. The van der Waals surface area contributed by atoms with Crippen molar-refractivity contribution >= 4 is 11.6 Å². The number of pyridine rings is 1. The summed E-state index contributed by atoms with van der Waals surface area (Å²) in [6.45, 7) is 1.91. The fraction of sp³-hybridized carbons (Fsp3) is 0.125. The fourth-order valence-electron chi connectivity index (χ4n) is 1.81. The summed E-state index contributed by atoms with van der Waals surface area (Å²) >= 11 is 0. The van der Waals surface area contributed by atoms with Gasteiger partial charge in [0.1, 0.15) is 5.82 Å². The first-order valence-electron chi connectivity index (χ1n) is 6.33. The minimum Gasteiger partial charge on any atom is -0.320 e. The molecular formula is C16H14FN3O. The normalized spacial score (nSPS) is 9.67. The van der Waals surface area contributed by atoms with Crippen molar-refractivity contribution in [3.63, 3.8) is 0 Å². The Morgan fingerprint density at radius 3 is 2.95 bits per heavy atom. The highest BCUT2D eigenvalue weighted by atomic mass is 19.1. The molecule has 1 aromatic carbocycles. The molecule has 0 saturated carbocycles. The predicted octanol–water partition coefficient (Wildman–Crippen LogP) is 2.09. The SMILES string of the molecule is Cc1cccc(F)c1NC(=O)c1ccncc1C#CCN. The number of anilines is 1. The second kappa shape index (κ2) is 6.64. The standard InChI is InChI=1S/C16H14FN3O/c1-11-4-2-6-14(17)15(11)20-16(21)13-7-9-19-10-12(13)5-3-8-18/h2,4,6-7,9-10H,8,18H2,1H3,(H,20,21). The molecule has 2 aromatic rings. The summed E-state index contributed by atoms with van der Waals surface area (Å²) in [5.41, 5.74) is 6.91. The van der Waals surface area contributed by atoms with Crippen molar-refractivity contribution in [1.29, 1.82) is 0 Å². The molecule has 3 N–H and O–H groups in total. The van der Waals surface area contributed by atoms with Gasteiger partial charge in [-0.2, -0.15) is 0 Å². The molecule has 1 amide bonds. The van der Waals surface area contributed by atoms with E-state index in [1.54, 1.807) is 19.1 Å². The molecule has 0 atom stereocenters. The van der Waals surface area contributed by atoms with Crippen LogP contribution in [0.15, 0.2) is 36.7 Å². The van der Waals surface area contributed by atoms with Crippen molar-refractivity contribution in [3.8, 4) is 11.8 Å². The minimum atomic E-state index is -0.480. The minimum absolute atomic E-state index is 0.164. The first kappa shape index (κ1) is 14.7. The van der Waals surface area contributed by atoms with Crippen LogP contribution in [0.5, 0.6) is 0 Å². The average molecular weight is 283 g/mol. The van der Waals surface area contributed by atoms with E-state index in [0.29, 0.717) is 16.7 Å². The molecule has 4 nitrogen and oxygen atoms in total. The van der Waals surface area contributed by atoms with Crippen LogP contribution in [0.3, 0.4) is 0 Å². The number of para-hydroxylation sites is 1. The van der Waals surface area contributed by atoms with Crippen molar-refractivity contribution in [1.82, 2.24) is 4.98 Å². The Morgan fingerprint density at radius 1 is 1.43 bits per heavy atom. The van der Waals surface area contributed by atoms with Gasteiger partial charge in [0.15, 0.2) is 0 Å². The van der Waals surface area contributed by atoms with Crippen LogP contribution in [0, 0.1) is 24.6 Å². The molecule has 0 radical (unpaired) electrons. The van der Waals surface area contributed by atoms with Crippen LogP contribution >= 0.6 is 0 Å². The molecule has 5 heteroatoms. The second-order valence-corrected chi connectivity index (χ2v) is 4.31. The van der Waals surface area contributed by atoms with Crippen molar-refractivity contribution in [2.45, 2.75) is 6.92 Å². The van der Waals surface area contributed by atoms with Gasteiger partial charge in [-0.05, 0) is 24.6 Å². The van der Waals surface area contributed by atoms with E-state index in [2.05, 4.69) is 22.1 Å². The van der Waals surface area contributed by atoms with Crippen LogP contribution in [-0.4, -0.2) is 17.4 Å². The lowest BCUT2D eigenvalue weighted by Crippen LogP contribution is -2.15. The van der Waals surface area contributed by atoms with E-state index >= 15 is 0 Å². The summed E-state index contributed by atoms with van der Waals surface area (Å²) in [5.74, 6) is 4.53. The van der Waals surface area contributed by atoms with E-state index in [1.165, 1.54) is 24.5 Å². The zero-order valence-corrected chi connectivity index (χ0v) is 11.5. The van der Waals surface area contributed by atoms with Crippen LogP contribution in [0.4, 0.5) is 10.1 Å². The van der Waals surface area contributed by atoms with Gasteiger partial charge in [0.2, 0.25) is 0 Å². The zero-order chi connectivity index (χ0) is 15.2. The Hall–Kier alpha value is -2.71. The third kappa shape index (κ3) is 3.44. The number of nitrogens with zero attached hydrogens (tertiary/aromatic N) is 1. The van der Waals surface area contributed by atoms with E-state index in [0.717, 1.165) is 0 Å². The molecule has 0 bridgehead atoms. The highest BCUT2D eigenvalue weighted by Crippen LogP contribution is 2.20. The van der Waals surface area contributed by atoms with Gasteiger partial charge in [0.05, 0.1) is 23.4 Å². The highest BCUT2D eigenvalue weighted by Gasteiger charge is 2.14. The van der Waals surface area contributed by atoms with Gasteiger partial charge >= 0.3 is 0 Å². The average Bonchev–Trinajstić information content (AvgIpc) is 2.49. The fourth-order valence-corrected chi connectivity index (χ4v) is 1.81. The summed E-state index contributed by atoms with van der Waals surface area (Å²) < 4.78 is 13.8. The summed E-state index contributed by atoms with van der Waals surface area (Å²) in [5, 5.41) is 2.57. The van der Waals surface area contributed by atoms with Crippen LogP contribution in [0.25, 0.3) is 0 Å². The van der Waals surface area contributed by atoms with Gasteiger partial charge in [0, 0.05) is 12.4 Å². The summed E-state index contributed by atoms with van der Waals surface area (Å²) in [4.78, 5) is 16.2. The van der Waals surface area contributed by atoms with Gasteiger partial charge in [-0.15, -0.1) is 0 Å². The summed E-state index contributed by atoms with van der Waals surface area (Å²) in [6, 6.07) is 6.14. The Morgan fingerprint density at radius 2 is 2.24 bits per heavy atom. The number of hydrogen-bond donors (Lipinski definition) is 2. The van der Waals surface area contributed by atoms with E-state index in [-0.39, 0.29) is 12.2 Å². The molecule has 0 aliphatic rings. The van der Waals surface area contributed by atoms with Crippen molar-refractivity contribution in [3.05, 3.63) is 59.2 Å². The summed E-state index contributed by atoms with van der Waals surface area (Å²) in [6.07, 6.45) is 2.96. The quantitative estimate of drug-likeness (QED) is 0.829. The molecule has 2 rings (SSSR count). The molecule has 1 heterocycles. The molecule has 0 aliphatic heterocycles. The van der Waals surface area contributed by atoms with Crippen LogP contribution in [-0.2, 0) is 0 Å². The number of aryl methyl sites for hydroxylation is 1. The molecule has 0 fully saturated rings. The first-order valence-corrected chi connectivity index (χ1v) is 6.33. The number of aromatic nitrogens is 1. The largest absolute Gasteiger partial charge is 0.320 e. The van der Waals surface area contributed by atoms with E-state index in [9.17, 15) is 9.18 Å². The van der Waals surface area contributed by atoms with Gasteiger partial charge in [-0.25, -0.2) is 4.39 Å². The van der Waals surface area contributed by atoms with Gasteiger partial charge in [-0.3, -0.25) is 9.78 Å². The van der Waals surface area contributed by atoms with Crippen LogP contribution < -0.4 is 11.1 Å². The lowest BCUT2D eigenvalue weighted by atomic mass is 10.1. The predicted molar refractivity (Wildman–Crippen MR) is 79.3 cm³/mol. The van der Waals surface area contributed by atoms with Crippen LogP contribution in [0.1, 0.15) is 21.5 Å². The van der Waals surface area contributed by atoms with Crippen molar-refractivity contribution in [2.24, 2.45) is 5.73 Å². The molecule has 0 unspecified atom stereocenters. The maximum atomic E-state index is 13.8. The Labute approximate surface area is 122 Å². The maximum absolute atomic E-state index is 13.8. The van der Waals surface area contributed by atoms with E-state index < -0.39 is 11.7 Å². The molecule has 0 spiro atoms. The number of carbonyl (C=O) groups is 1. The first-order chi connectivity index (χ1) is 10.1. The van der Waals surface area contributed by atoms with Crippen molar-refractivity contribution in [2.75, 3.05) is 11.9 Å². The number of nitrogens with one attached hydrogen (secondary N) is 1. The number of carbonyl (C=O) groups excluding carboxylic acids is 1. The van der Waals surface area contributed by atoms with Gasteiger partial charge in [0.25, 0.3) is 5.91 Å². The number of rotatable bonds is 2. The molecule has 0 aliphatic carbocycles. The Balaban J connectivity index is 2.33. The maximum Gasteiger partial charge on any atom is 0.257 e. The summed E-state index contributed by atoms with van der Waals surface area (Å²) in [7, 11) is 0. The number of hydrogen-bond acceptors (Lipinski definition) is 3. The second-order valence-electron chi connectivity index (χ2n) is 4.31. The topological polar surface area (TPSA) is 68.0 Å². The zero-order valence-electron chi connectivity index (χ0n) is 11.5. The molecule has 0 saturated heterocycles. The van der Waals surface area contributed by atoms with Crippen LogP contribution in [0.2, 0.25) is 0 Å². The Kier molecular flexibility index (Phi) is 4.64. The molecule has 21 heavy (non-hydrogen) atoms. The lowest BCUT2D eigenvalue weighted by molar-refractivity contribution is 0.102. The smallest absolute Gasteiger partial charge is 0.257 e. The molecular weight excluding hydrogens is 269 g/mol. The molecule has 106 valence electrons.